The van der Waals surface area contributed by atoms with Crippen LogP contribution in [0.2, 0.25) is 0 Å². The van der Waals surface area contributed by atoms with E-state index in [9.17, 15) is 4.79 Å². The first-order valence-corrected chi connectivity index (χ1v) is 6.43. The second kappa shape index (κ2) is 4.55. The molecule has 1 N–H and O–H groups in total. The van der Waals surface area contributed by atoms with Gasteiger partial charge < -0.3 is 14.1 Å². The van der Waals surface area contributed by atoms with Crippen molar-refractivity contribution in [1.82, 2.24) is 9.38 Å². The summed E-state index contributed by atoms with van der Waals surface area (Å²) >= 11 is 3.38. The minimum atomic E-state index is -0.277. The molecule has 0 aliphatic carbocycles. The van der Waals surface area contributed by atoms with Gasteiger partial charge in [-0.1, -0.05) is 0 Å². The molecule has 5 nitrogen and oxygen atoms in total. The number of amides is 1. The van der Waals surface area contributed by atoms with Gasteiger partial charge in [-0.25, -0.2) is 4.98 Å². The standard InChI is InChI=1S/C13H10BrN3O2/c1-8-12(14)16-11-5-4-9(7-17(8)11)15-13(18)10-3-2-6-19-10/h2-7H,1H3,(H,15,18). The first-order valence-electron chi connectivity index (χ1n) is 5.64. The Morgan fingerprint density at radius 1 is 1.42 bits per heavy atom. The number of anilines is 1. The summed E-state index contributed by atoms with van der Waals surface area (Å²) in [5.74, 6) is 0.00446. The lowest BCUT2D eigenvalue weighted by Crippen LogP contribution is -2.11. The third-order valence-electron chi connectivity index (χ3n) is 2.80. The van der Waals surface area contributed by atoms with E-state index in [1.165, 1.54) is 6.26 Å². The number of carbonyl (C=O) groups excluding carboxylic acids is 1. The molecule has 3 aromatic heterocycles. The summed E-state index contributed by atoms with van der Waals surface area (Å²) in [5.41, 5.74) is 2.48. The van der Waals surface area contributed by atoms with Gasteiger partial charge >= 0.3 is 0 Å². The highest BCUT2D eigenvalue weighted by molar-refractivity contribution is 9.10. The Morgan fingerprint density at radius 2 is 2.26 bits per heavy atom. The normalized spacial score (nSPS) is 10.8. The highest BCUT2D eigenvalue weighted by atomic mass is 79.9. The molecule has 0 unspecified atom stereocenters. The molecule has 96 valence electrons. The second-order valence-electron chi connectivity index (χ2n) is 4.07. The number of aromatic nitrogens is 2. The number of nitrogens with one attached hydrogen (secondary N) is 1. The van der Waals surface area contributed by atoms with Crippen molar-refractivity contribution >= 4 is 33.2 Å². The molecule has 0 radical (unpaired) electrons. The lowest BCUT2D eigenvalue weighted by atomic mass is 10.3. The molecule has 3 aromatic rings. The largest absolute Gasteiger partial charge is 0.459 e. The lowest BCUT2D eigenvalue weighted by Gasteiger charge is -2.04. The van der Waals surface area contributed by atoms with Gasteiger partial charge in [0.2, 0.25) is 0 Å². The number of rotatable bonds is 2. The van der Waals surface area contributed by atoms with Gasteiger partial charge in [-0.3, -0.25) is 4.79 Å². The number of pyridine rings is 1. The number of halogens is 1. The van der Waals surface area contributed by atoms with Crippen LogP contribution in [0.5, 0.6) is 0 Å². The van der Waals surface area contributed by atoms with Crippen molar-refractivity contribution in [2.75, 3.05) is 5.32 Å². The van der Waals surface area contributed by atoms with E-state index in [1.807, 2.05) is 23.6 Å². The summed E-state index contributed by atoms with van der Waals surface area (Å²) in [4.78, 5) is 16.2. The molecule has 0 aliphatic heterocycles. The fourth-order valence-electron chi connectivity index (χ4n) is 1.81. The van der Waals surface area contributed by atoms with E-state index >= 15 is 0 Å². The summed E-state index contributed by atoms with van der Waals surface area (Å²) in [6.07, 6.45) is 3.29. The van der Waals surface area contributed by atoms with Crippen LogP contribution in [0.25, 0.3) is 5.65 Å². The molecule has 0 saturated heterocycles. The Balaban J connectivity index is 1.93. The van der Waals surface area contributed by atoms with Crippen molar-refractivity contribution < 1.29 is 9.21 Å². The van der Waals surface area contributed by atoms with Crippen LogP contribution in [0.4, 0.5) is 5.69 Å². The Kier molecular flexibility index (Phi) is 2.87. The number of hydrogen-bond acceptors (Lipinski definition) is 3. The molecule has 19 heavy (non-hydrogen) atoms. The van der Waals surface area contributed by atoms with Crippen LogP contribution in [0.1, 0.15) is 16.2 Å². The van der Waals surface area contributed by atoms with Crippen LogP contribution >= 0.6 is 15.9 Å². The molecule has 6 heteroatoms. The molecule has 0 aliphatic rings. The number of imidazole rings is 1. The van der Waals surface area contributed by atoms with Gasteiger partial charge in [0.15, 0.2) is 5.76 Å². The van der Waals surface area contributed by atoms with Gasteiger partial charge in [0, 0.05) is 6.20 Å². The smallest absolute Gasteiger partial charge is 0.291 e. The summed E-state index contributed by atoms with van der Waals surface area (Å²) in [5, 5.41) is 2.78. The van der Waals surface area contributed by atoms with Crippen LogP contribution in [-0.2, 0) is 0 Å². The highest BCUT2D eigenvalue weighted by Crippen LogP contribution is 2.20. The minimum absolute atomic E-state index is 0.277. The molecule has 3 rings (SSSR count). The molecule has 0 atom stereocenters. The first-order chi connectivity index (χ1) is 9.15. The number of aryl methyl sites for hydroxylation is 1. The van der Waals surface area contributed by atoms with Gasteiger partial charge in [0.25, 0.3) is 5.91 Å². The van der Waals surface area contributed by atoms with Crippen LogP contribution in [0.15, 0.2) is 45.7 Å². The van der Waals surface area contributed by atoms with E-state index in [4.69, 9.17) is 4.42 Å². The zero-order valence-corrected chi connectivity index (χ0v) is 11.6. The van der Waals surface area contributed by atoms with Gasteiger partial charge in [-0.2, -0.15) is 0 Å². The average molecular weight is 320 g/mol. The van der Waals surface area contributed by atoms with Crippen molar-refractivity contribution in [3.8, 4) is 0 Å². The van der Waals surface area contributed by atoms with Crippen LogP contribution in [0.3, 0.4) is 0 Å². The predicted octanol–water partition coefficient (Wildman–Crippen LogP) is 3.25. The van der Waals surface area contributed by atoms with E-state index in [0.29, 0.717) is 5.69 Å². The summed E-state index contributed by atoms with van der Waals surface area (Å²) in [7, 11) is 0. The molecule has 0 bridgehead atoms. The molecule has 0 spiro atoms. The maximum atomic E-state index is 11.9. The van der Waals surface area contributed by atoms with E-state index in [-0.39, 0.29) is 11.7 Å². The Morgan fingerprint density at radius 3 is 3.00 bits per heavy atom. The highest BCUT2D eigenvalue weighted by Gasteiger charge is 2.10. The van der Waals surface area contributed by atoms with Crippen molar-refractivity contribution in [2.24, 2.45) is 0 Å². The number of hydrogen-bond donors (Lipinski definition) is 1. The SMILES string of the molecule is Cc1c(Br)nc2ccc(NC(=O)c3ccco3)cn12. The Labute approximate surface area is 117 Å². The zero-order chi connectivity index (χ0) is 13.4. The van der Waals surface area contributed by atoms with Crippen LogP contribution in [-0.4, -0.2) is 15.3 Å². The quantitative estimate of drug-likeness (QED) is 0.788. The van der Waals surface area contributed by atoms with E-state index in [1.54, 1.807) is 18.2 Å². The number of nitrogens with zero attached hydrogens (tertiary/aromatic N) is 2. The first kappa shape index (κ1) is 12.0. The second-order valence-corrected chi connectivity index (χ2v) is 4.82. The fraction of sp³-hybridized carbons (Fsp3) is 0.0769. The molecular weight excluding hydrogens is 310 g/mol. The fourth-order valence-corrected chi connectivity index (χ4v) is 2.18. The monoisotopic (exact) mass is 319 g/mol. The van der Waals surface area contributed by atoms with E-state index in [0.717, 1.165) is 15.9 Å². The van der Waals surface area contributed by atoms with Crippen molar-refractivity contribution in [1.29, 1.82) is 0 Å². The van der Waals surface area contributed by atoms with E-state index in [2.05, 4.69) is 26.2 Å². The molecular formula is C13H10BrN3O2. The van der Waals surface area contributed by atoms with Gasteiger partial charge in [-0.05, 0) is 47.1 Å². The third-order valence-corrected chi connectivity index (χ3v) is 3.55. The zero-order valence-electron chi connectivity index (χ0n) is 10.1. The average Bonchev–Trinajstić information content (AvgIpc) is 3.01. The lowest BCUT2D eigenvalue weighted by molar-refractivity contribution is 0.0996. The van der Waals surface area contributed by atoms with Crippen molar-refractivity contribution in [3.63, 3.8) is 0 Å². The molecule has 1 amide bonds. The van der Waals surface area contributed by atoms with Crippen molar-refractivity contribution in [3.05, 3.63) is 52.8 Å². The van der Waals surface area contributed by atoms with Crippen molar-refractivity contribution in [2.45, 2.75) is 6.92 Å². The summed E-state index contributed by atoms with van der Waals surface area (Å²) in [6, 6.07) is 6.94. The topological polar surface area (TPSA) is 59.5 Å². The molecule has 0 saturated carbocycles. The van der Waals surface area contributed by atoms with Gasteiger partial charge in [0.1, 0.15) is 10.3 Å². The van der Waals surface area contributed by atoms with Gasteiger partial charge in [0.05, 0.1) is 17.6 Å². The molecule has 0 aromatic carbocycles. The van der Waals surface area contributed by atoms with E-state index < -0.39 is 0 Å². The van der Waals surface area contributed by atoms with Crippen LogP contribution < -0.4 is 5.32 Å². The maximum absolute atomic E-state index is 11.9. The number of fused-ring (bicyclic) bond motifs is 1. The Hall–Kier alpha value is -2.08. The maximum Gasteiger partial charge on any atom is 0.291 e. The van der Waals surface area contributed by atoms with Crippen LogP contribution in [0, 0.1) is 6.92 Å². The Bertz CT molecular complexity index is 747. The number of furan rings is 1. The minimum Gasteiger partial charge on any atom is -0.459 e. The molecule has 0 fully saturated rings. The number of carbonyl (C=O) groups is 1. The third kappa shape index (κ3) is 2.15. The molecule has 3 heterocycles. The summed E-state index contributed by atoms with van der Waals surface area (Å²) in [6.45, 7) is 1.95. The van der Waals surface area contributed by atoms with Gasteiger partial charge in [-0.15, -0.1) is 0 Å². The predicted molar refractivity (Wildman–Crippen MR) is 74.3 cm³/mol. The summed E-state index contributed by atoms with van der Waals surface area (Å²) < 4.78 is 7.74.